The molecule has 0 aromatic rings. The van der Waals surface area contributed by atoms with Gasteiger partial charge in [0, 0.05) is 13.1 Å². The highest BCUT2D eigenvalue weighted by molar-refractivity contribution is 7.49. The fourth-order valence-corrected chi connectivity index (χ4v) is 1.76. The van der Waals surface area contributed by atoms with Crippen LogP contribution in [0.25, 0.3) is 0 Å². The molecule has 0 bridgehead atoms. The molecule has 0 aromatic heterocycles. The minimum absolute atomic E-state index is 0.546. The van der Waals surface area contributed by atoms with Crippen LogP contribution in [0.2, 0.25) is 0 Å². The Balaban J connectivity index is 2.52. The van der Waals surface area contributed by atoms with Gasteiger partial charge in [0.05, 0.1) is 0 Å². The Hall–Kier alpha value is 0.110. The molecule has 1 heterocycles. The van der Waals surface area contributed by atoms with Crippen molar-refractivity contribution in [3.8, 4) is 0 Å². The molecule has 1 saturated heterocycles. The first-order valence-electron chi connectivity index (χ1n) is 2.92. The van der Waals surface area contributed by atoms with Gasteiger partial charge in [-0.1, -0.05) is 0 Å². The second kappa shape index (κ2) is 2.39. The minimum atomic E-state index is -3.88. The molecule has 0 saturated carbocycles. The zero-order valence-corrected chi connectivity index (χ0v) is 5.92. The lowest BCUT2D eigenvalue weighted by atomic mass is 10.4. The summed E-state index contributed by atoms with van der Waals surface area (Å²) in [5.41, 5.74) is 0. The van der Waals surface area contributed by atoms with Gasteiger partial charge in [-0.3, -0.25) is 0 Å². The molecule has 0 radical (unpaired) electrons. The van der Waals surface area contributed by atoms with Crippen molar-refractivity contribution in [1.82, 2.24) is 4.67 Å². The molecule has 0 amide bonds. The van der Waals surface area contributed by atoms with E-state index in [-0.39, 0.29) is 0 Å². The highest BCUT2D eigenvalue weighted by Crippen LogP contribution is 2.42. The van der Waals surface area contributed by atoms with E-state index in [1.165, 1.54) is 4.67 Å². The van der Waals surface area contributed by atoms with E-state index in [0.29, 0.717) is 13.1 Å². The first kappa shape index (κ1) is 7.22. The zero-order chi connectivity index (χ0) is 6.91. The summed E-state index contributed by atoms with van der Waals surface area (Å²) < 4.78 is 11.7. The van der Waals surface area contributed by atoms with Crippen molar-refractivity contribution in [2.45, 2.75) is 12.8 Å². The van der Waals surface area contributed by atoms with E-state index in [2.05, 4.69) is 0 Å². The highest BCUT2D eigenvalue weighted by atomic mass is 31.2. The number of rotatable bonds is 1. The molecule has 0 unspecified atom stereocenters. The maximum absolute atomic E-state index is 10.5. The molecule has 1 rings (SSSR count). The van der Waals surface area contributed by atoms with Crippen molar-refractivity contribution in [3.05, 3.63) is 0 Å². The molecule has 9 heavy (non-hydrogen) atoms. The van der Waals surface area contributed by atoms with Crippen molar-refractivity contribution < 1.29 is 14.4 Å². The molecule has 4 nitrogen and oxygen atoms in total. The number of hydrogen-bond acceptors (Lipinski definition) is 1. The molecule has 1 fully saturated rings. The van der Waals surface area contributed by atoms with Gasteiger partial charge in [0.1, 0.15) is 0 Å². The van der Waals surface area contributed by atoms with Crippen molar-refractivity contribution >= 4 is 7.75 Å². The van der Waals surface area contributed by atoms with Gasteiger partial charge in [0.25, 0.3) is 0 Å². The van der Waals surface area contributed by atoms with Crippen LogP contribution in [-0.2, 0) is 4.57 Å². The molecule has 0 spiro atoms. The van der Waals surface area contributed by atoms with Gasteiger partial charge in [0.15, 0.2) is 0 Å². The molecular formula is C4H10NO3P. The highest BCUT2D eigenvalue weighted by Gasteiger charge is 2.27. The molecule has 5 heteroatoms. The third-order valence-corrected chi connectivity index (χ3v) is 2.59. The first-order valence-corrected chi connectivity index (χ1v) is 4.48. The summed E-state index contributed by atoms with van der Waals surface area (Å²) in [7, 11) is -3.88. The molecule has 1 aliphatic heterocycles. The van der Waals surface area contributed by atoms with Gasteiger partial charge in [-0.25, -0.2) is 9.24 Å². The normalized spacial score (nSPS) is 22.9. The van der Waals surface area contributed by atoms with E-state index in [4.69, 9.17) is 9.79 Å². The van der Waals surface area contributed by atoms with Crippen LogP contribution in [0.4, 0.5) is 0 Å². The Labute approximate surface area is 53.7 Å². The van der Waals surface area contributed by atoms with Gasteiger partial charge < -0.3 is 9.79 Å². The van der Waals surface area contributed by atoms with Crippen LogP contribution in [0, 0.1) is 0 Å². The largest absolute Gasteiger partial charge is 0.402 e. The van der Waals surface area contributed by atoms with E-state index >= 15 is 0 Å². The number of hydrogen-bond donors (Lipinski definition) is 2. The quantitative estimate of drug-likeness (QED) is 0.524. The Bertz CT molecular complexity index is 137. The van der Waals surface area contributed by atoms with Crippen molar-refractivity contribution in [1.29, 1.82) is 0 Å². The summed E-state index contributed by atoms with van der Waals surface area (Å²) in [5, 5.41) is 0. The molecular weight excluding hydrogens is 141 g/mol. The Morgan fingerprint density at radius 3 is 1.89 bits per heavy atom. The van der Waals surface area contributed by atoms with Gasteiger partial charge in [-0.15, -0.1) is 0 Å². The minimum Gasteiger partial charge on any atom is -0.312 e. The van der Waals surface area contributed by atoms with E-state index in [9.17, 15) is 4.57 Å². The number of nitrogens with zero attached hydrogens (tertiary/aromatic N) is 1. The topological polar surface area (TPSA) is 60.8 Å². The molecule has 2 N–H and O–H groups in total. The lowest BCUT2D eigenvalue weighted by Crippen LogP contribution is -2.14. The fourth-order valence-electron chi connectivity index (χ4n) is 0.961. The maximum Gasteiger partial charge on any atom is 0.402 e. The average molecular weight is 151 g/mol. The molecule has 1 aliphatic rings. The van der Waals surface area contributed by atoms with Crippen molar-refractivity contribution in [2.24, 2.45) is 0 Å². The second-order valence-corrected chi connectivity index (χ2v) is 3.77. The van der Waals surface area contributed by atoms with E-state index in [1.54, 1.807) is 0 Å². The monoisotopic (exact) mass is 151 g/mol. The SMILES string of the molecule is O=P(O)(O)N1CCCC1. The van der Waals surface area contributed by atoms with Crippen molar-refractivity contribution in [2.75, 3.05) is 13.1 Å². The summed E-state index contributed by atoms with van der Waals surface area (Å²) in [6.07, 6.45) is 1.82. The second-order valence-electron chi connectivity index (χ2n) is 2.17. The Kier molecular flexibility index (Phi) is 1.91. The third-order valence-electron chi connectivity index (χ3n) is 1.45. The molecule has 0 aromatic carbocycles. The Morgan fingerprint density at radius 1 is 1.22 bits per heavy atom. The summed E-state index contributed by atoms with van der Waals surface area (Å²) in [6, 6.07) is 0. The van der Waals surface area contributed by atoms with Crippen LogP contribution in [0.15, 0.2) is 0 Å². The zero-order valence-electron chi connectivity index (χ0n) is 5.03. The Morgan fingerprint density at radius 2 is 1.67 bits per heavy atom. The van der Waals surface area contributed by atoms with E-state index < -0.39 is 7.75 Å². The van der Waals surface area contributed by atoms with Crippen LogP contribution in [-0.4, -0.2) is 27.5 Å². The molecule has 54 valence electrons. The van der Waals surface area contributed by atoms with Crippen LogP contribution in [0.5, 0.6) is 0 Å². The third kappa shape index (κ3) is 1.76. The fraction of sp³-hybridized carbons (Fsp3) is 1.00. The van der Waals surface area contributed by atoms with Crippen LogP contribution < -0.4 is 0 Å². The first-order chi connectivity index (χ1) is 4.11. The van der Waals surface area contributed by atoms with Crippen LogP contribution >= 0.6 is 7.75 Å². The van der Waals surface area contributed by atoms with Gasteiger partial charge >= 0.3 is 7.75 Å². The average Bonchev–Trinajstić information content (AvgIpc) is 2.08. The van der Waals surface area contributed by atoms with Crippen molar-refractivity contribution in [3.63, 3.8) is 0 Å². The summed E-state index contributed by atoms with van der Waals surface area (Å²) in [4.78, 5) is 17.1. The van der Waals surface area contributed by atoms with Gasteiger partial charge in [-0.2, -0.15) is 0 Å². The standard InChI is InChI=1S/C4H10NO3P/c6-9(7,8)5-3-1-2-4-5/h1-4H2,(H2,6,7,8). The summed E-state index contributed by atoms with van der Waals surface area (Å²) in [5.74, 6) is 0. The lowest BCUT2D eigenvalue weighted by molar-refractivity contribution is 0.293. The molecule has 0 atom stereocenters. The predicted octanol–water partition coefficient (Wildman–Crippen LogP) is 0.175. The van der Waals surface area contributed by atoms with E-state index in [1.807, 2.05) is 0 Å². The summed E-state index contributed by atoms with van der Waals surface area (Å²) >= 11 is 0. The lowest BCUT2D eigenvalue weighted by Gasteiger charge is -2.14. The smallest absolute Gasteiger partial charge is 0.312 e. The predicted molar refractivity (Wildman–Crippen MR) is 32.9 cm³/mol. The maximum atomic E-state index is 10.5. The van der Waals surface area contributed by atoms with Gasteiger partial charge in [0.2, 0.25) is 0 Å². The van der Waals surface area contributed by atoms with Gasteiger partial charge in [-0.05, 0) is 12.8 Å². The summed E-state index contributed by atoms with van der Waals surface area (Å²) in [6.45, 7) is 1.09. The van der Waals surface area contributed by atoms with E-state index in [0.717, 1.165) is 12.8 Å². The van der Waals surface area contributed by atoms with Crippen LogP contribution in [0.1, 0.15) is 12.8 Å². The molecule has 0 aliphatic carbocycles. The van der Waals surface area contributed by atoms with Crippen LogP contribution in [0.3, 0.4) is 0 Å².